The van der Waals surface area contributed by atoms with Crippen LogP contribution in [0.4, 0.5) is 0 Å². The van der Waals surface area contributed by atoms with Crippen molar-refractivity contribution in [2.75, 3.05) is 0 Å². The highest BCUT2D eigenvalue weighted by Gasteiger charge is 2.34. The smallest absolute Gasteiger partial charge is 0.211 e. The fourth-order valence-electron chi connectivity index (χ4n) is 1.60. The molecule has 0 N–H and O–H groups in total. The van der Waals surface area contributed by atoms with Gasteiger partial charge in [0.2, 0.25) is 12.2 Å². The Morgan fingerprint density at radius 2 is 1.56 bits per heavy atom. The van der Waals surface area contributed by atoms with Gasteiger partial charge in [0, 0.05) is 5.92 Å². The molecule has 0 rings (SSSR count). The van der Waals surface area contributed by atoms with E-state index in [2.05, 4.69) is 30.8 Å². The molecule has 4 nitrogen and oxygen atoms in total. The molecule has 0 saturated carbocycles. The first-order valence-corrected chi connectivity index (χ1v) is 5.49. The lowest BCUT2D eigenvalue weighted by Gasteiger charge is -2.32. The molecule has 1 unspecified atom stereocenters. The van der Waals surface area contributed by atoms with Gasteiger partial charge in [-0.2, -0.15) is 9.98 Å². The molecular weight excluding hydrogens is 204 g/mol. The molecule has 0 saturated heterocycles. The third-order valence-electron chi connectivity index (χ3n) is 3.29. The highest BCUT2D eigenvalue weighted by Crippen LogP contribution is 2.35. The van der Waals surface area contributed by atoms with E-state index < -0.39 is 5.66 Å². The molecule has 4 heteroatoms. The van der Waals surface area contributed by atoms with Crippen LogP contribution in [0.3, 0.4) is 0 Å². The minimum Gasteiger partial charge on any atom is -0.211 e. The van der Waals surface area contributed by atoms with E-state index in [1.54, 1.807) is 6.92 Å². The van der Waals surface area contributed by atoms with Crippen molar-refractivity contribution < 1.29 is 9.59 Å². The number of rotatable bonds is 6. The molecule has 0 aliphatic carbocycles. The average molecular weight is 224 g/mol. The van der Waals surface area contributed by atoms with E-state index >= 15 is 0 Å². The average Bonchev–Trinajstić information content (AvgIpc) is 2.18. The topological polar surface area (TPSA) is 58.9 Å². The lowest BCUT2D eigenvalue weighted by Crippen LogP contribution is -2.32. The maximum absolute atomic E-state index is 10.4. The van der Waals surface area contributed by atoms with Gasteiger partial charge in [0.05, 0.1) is 0 Å². The van der Waals surface area contributed by atoms with Gasteiger partial charge in [-0.3, -0.25) is 0 Å². The lowest BCUT2D eigenvalue weighted by molar-refractivity contribution is 0.204. The van der Waals surface area contributed by atoms with Crippen molar-refractivity contribution in [1.82, 2.24) is 0 Å². The first-order chi connectivity index (χ1) is 7.31. The van der Waals surface area contributed by atoms with E-state index in [0.29, 0.717) is 0 Å². The van der Waals surface area contributed by atoms with Gasteiger partial charge in [0.25, 0.3) is 0 Å². The van der Waals surface area contributed by atoms with E-state index in [9.17, 15) is 9.59 Å². The van der Waals surface area contributed by atoms with Crippen LogP contribution in [0.25, 0.3) is 0 Å². The maximum atomic E-state index is 10.4. The largest absolute Gasteiger partial charge is 0.237 e. The molecule has 0 radical (unpaired) electrons. The highest BCUT2D eigenvalue weighted by molar-refractivity contribution is 5.39. The zero-order valence-corrected chi connectivity index (χ0v) is 10.7. The van der Waals surface area contributed by atoms with Crippen molar-refractivity contribution in [2.24, 2.45) is 21.3 Å². The second-order valence-corrected chi connectivity index (χ2v) is 5.12. The van der Waals surface area contributed by atoms with E-state index in [1.165, 1.54) is 12.2 Å². The van der Waals surface area contributed by atoms with Crippen molar-refractivity contribution in [3.05, 3.63) is 0 Å². The molecule has 16 heavy (non-hydrogen) atoms. The van der Waals surface area contributed by atoms with Crippen LogP contribution in [0, 0.1) is 11.3 Å². The summed E-state index contributed by atoms with van der Waals surface area (Å²) in [5, 5.41) is 0. The third kappa shape index (κ3) is 4.09. The van der Waals surface area contributed by atoms with Crippen LogP contribution in [-0.2, 0) is 9.59 Å². The van der Waals surface area contributed by atoms with Gasteiger partial charge >= 0.3 is 0 Å². The number of aliphatic imine (C=N–C) groups is 2. The first-order valence-electron chi connectivity index (χ1n) is 5.49. The quantitative estimate of drug-likeness (QED) is 0.514. The highest BCUT2D eigenvalue weighted by atomic mass is 16.1. The predicted molar refractivity (Wildman–Crippen MR) is 62.5 cm³/mol. The maximum Gasteiger partial charge on any atom is 0.237 e. The van der Waals surface area contributed by atoms with E-state index in [1.807, 2.05) is 6.92 Å². The Morgan fingerprint density at radius 1 is 1.12 bits per heavy atom. The van der Waals surface area contributed by atoms with Crippen molar-refractivity contribution in [3.8, 4) is 0 Å². The molecule has 0 aromatic carbocycles. The summed E-state index contributed by atoms with van der Waals surface area (Å²) in [6, 6.07) is 0. The Kier molecular flexibility index (Phi) is 5.29. The van der Waals surface area contributed by atoms with Crippen molar-refractivity contribution in [1.29, 1.82) is 0 Å². The SMILES string of the molecule is CCC(C)(C)CC(C)C(C)(N=C=O)N=C=O. The Labute approximate surface area is 96.9 Å². The number of nitrogens with zero attached hydrogens (tertiary/aromatic N) is 2. The van der Waals surface area contributed by atoms with Gasteiger partial charge < -0.3 is 0 Å². The molecule has 0 fully saturated rings. The molecular formula is C12H20N2O2. The molecule has 0 aliphatic rings. The third-order valence-corrected chi connectivity index (χ3v) is 3.29. The zero-order valence-electron chi connectivity index (χ0n) is 10.7. The Morgan fingerprint density at radius 3 is 1.88 bits per heavy atom. The predicted octanol–water partition coefficient (Wildman–Crippen LogP) is 2.84. The van der Waals surface area contributed by atoms with E-state index in [-0.39, 0.29) is 11.3 Å². The summed E-state index contributed by atoms with van der Waals surface area (Å²) in [6.45, 7) is 9.96. The van der Waals surface area contributed by atoms with Crippen molar-refractivity contribution in [2.45, 2.75) is 53.1 Å². The molecule has 1 atom stereocenters. The molecule has 0 bridgehead atoms. The monoisotopic (exact) mass is 224 g/mol. The van der Waals surface area contributed by atoms with Crippen LogP contribution >= 0.6 is 0 Å². The fraction of sp³-hybridized carbons (Fsp3) is 0.833. The summed E-state index contributed by atoms with van der Waals surface area (Å²) >= 11 is 0. The Balaban J connectivity index is 4.96. The molecule has 0 aromatic rings. The van der Waals surface area contributed by atoms with Crippen LogP contribution in [0.1, 0.15) is 47.5 Å². The Bertz CT molecular complexity index is 306. The van der Waals surface area contributed by atoms with Crippen molar-refractivity contribution >= 4 is 12.2 Å². The summed E-state index contributed by atoms with van der Waals surface area (Å²) < 4.78 is 0. The van der Waals surface area contributed by atoms with Gasteiger partial charge in [0.1, 0.15) is 0 Å². The second-order valence-electron chi connectivity index (χ2n) is 5.12. The molecule has 0 amide bonds. The summed E-state index contributed by atoms with van der Waals surface area (Å²) in [7, 11) is 0. The lowest BCUT2D eigenvalue weighted by atomic mass is 9.77. The fourth-order valence-corrected chi connectivity index (χ4v) is 1.60. The number of hydrogen-bond acceptors (Lipinski definition) is 4. The minimum atomic E-state index is -1.03. The molecule has 0 aromatic heterocycles. The van der Waals surface area contributed by atoms with Gasteiger partial charge in [0.15, 0.2) is 5.66 Å². The van der Waals surface area contributed by atoms with Gasteiger partial charge in [-0.15, -0.1) is 0 Å². The zero-order chi connectivity index (χ0) is 12.8. The first kappa shape index (κ1) is 14.8. The van der Waals surface area contributed by atoms with Crippen LogP contribution in [0.5, 0.6) is 0 Å². The van der Waals surface area contributed by atoms with E-state index in [0.717, 1.165) is 12.8 Å². The van der Waals surface area contributed by atoms with Gasteiger partial charge in [-0.1, -0.05) is 34.1 Å². The van der Waals surface area contributed by atoms with Crippen molar-refractivity contribution in [3.63, 3.8) is 0 Å². The Hall–Kier alpha value is -1.24. The van der Waals surface area contributed by atoms with E-state index in [4.69, 9.17) is 0 Å². The molecule has 90 valence electrons. The van der Waals surface area contributed by atoms with Crippen LogP contribution in [-0.4, -0.2) is 17.8 Å². The van der Waals surface area contributed by atoms with Crippen LogP contribution in [0.15, 0.2) is 9.98 Å². The summed E-state index contributed by atoms with van der Waals surface area (Å²) in [4.78, 5) is 28.0. The number of hydrogen-bond donors (Lipinski definition) is 0. The standard InChI is InChI=1S/C12H20N2O2/c1-6-11(3,4)7-10(2)12(5,13-8-15)14-9-16/h10H,6-7H2,1-5H3. The molecule has 0 aliphatic heterocycles. The molecule has 0 heterocycles. The van der Waals surface area contributed by atoms with Crippen LogP contribution < -0.4 is 0 Å². The minimum absolute atomic E-state index is 0.00894. The summed E-state index contributed by atoms with van der Waals surface area (Å²) in [5.74, 6) is -0.00894. The number of isocyanates is 2. The second kappa shape index (κ2) is 5.74. The number of carbonyl (C=O) groups excluding carboxylic acids is 2. The van der Waals surface area contributed by atoms with Crippen LogP contribution in [0.2, 0.25) is 0 Å². The van der Waals surface area contributed by atoms with Gasteiger partial charge in [-0.25, -0.2) is 9.59 Å². The van der Waals surface area contributed by atoms with Gasteiger partial charge in [-0.05, 0) is 18.8 Å². The summed E-state index contributed by atoms with van der Waals surface area (Å²) in [6.07, 6.45) is 4.81. The summed E-state index contributed by atoms with van der Waals surface area (Å²) in [5.41, 5.74) is -0.895. The normalized spacial score (nSPS) is 16.6. The molecule has 0 spiro atoms.